The molecule has 0 saturated heterocycles. The monoisotopic (exact) mass is 1020 g/mol. The first-order valence-electron chi connectivity index (χ1n) is 30.5. The lowest BCUT2D eigenvalue weighted by molar-refractivity contribution is -0.156. The van der Waals surface area contributed by atoms with Crippen LogP contribution in [-0.2, 0) is 38.1 Å². The molecule has 0 N–H and O–H groups in total. The van der Waals surface area contributed by atoms with Gasteiger partial charge in [0.1, 0.15) is 0 Å². The number of rotatable bonds is 41. The molecular formula is C64H128O8. The summed E-state index contributed by atoms with van der Waals surface area (Å²) in [7, 11) is 0. The highest BCUT2D eigenvalue weighted by molar-refractivity contribution is 5.77. The molecule has 8 nitrogen and oxygen atoms in total. The number of carbonyl (C=O) groups excluding carboxylic acids is 4. The highest BCUT2D eigenvalue weighted by Gasteiger charge is 2.29. The van der Waals surface area contributed by atoms with Gasteiger partial charge in [-0.2, -0.15) is 0 Å². The Labute approximate surface area is 450 Å². The van der Waals surface area contributed by atoms with Gasteiger partial charge in [0.05, 0.1) is 48.1 Å². The molecule has 8 heteroatoms. The van der Waals surface area contributed by atoms with Gasteiger partial charge in [-0.05, 0) is 131 Å². The summed E-state index contributed by atoms with van der Waals surface area (Å²) >= 11 is 0. The maximum absolute atomic E-state index is 11.8. The number of esters is 4. The fraction of sp³-hybridized carbons (Fsp3) is 0.938. The zero-order valence-corrected chi connectivity index (χ0v) is 52.0. The fourth-order valence-electron chi connectivity index (χ4n) is 7.44. The predicted octanol–water partition coefficient (Wildman–Crippen LogP) is 20.0. The molecule has 432 valence electrons. The van der Waals surface area contributed by atoms with Crippen molar-refractivity contribution in [3.8, 4) is 0 Å². The Morgan fingerprint density at radius 2 is 0.528 bits per heavy atom. The SMILES string of the molecule is CCC(C)(C)C(=O)OCC(C)CC(C)CC(C)C.CCCCCCCCCCCOC(=O)C(C)(C)CC.CCCCCCCCCCOC(=O)C(C)(C)CC.CCCCCCCCCOC(=O)C(C)(C)CC. The number of ether oxygens (including phenoxy) is 4. The average molecular weight is 1030 g/mol. The minimum Gasteiger partial charge on any atom is -0.465 e. The first-order valence-corrected chi connectivity index (χ1v) is 30.5. The highest BCUT2D eigenvalue weighted by atomic mass is 16.5. The number of carbonyl (C=O) groups is 4. The van der Waals surface area contributed by atoms with E-state index in [9.17, 15) is 19.2 Å². The average Bonchev–Trinajstić information content (AvgIpc) is 3.33. The van der Waals surface area contributed by atoms with Crippen LogP contribution in [0.4, 0.5) is 0 Å². The van der Waals surface area contributed by atoms with Gasteiger partial charge in [-0.3, -0.25) is 19.2 Å². The van der Waals surface area contributed by atoms with E-state index in [1.807, 2.05) is 83.1 Å². The van der Waals surface area contributed by atoms with Crippen molar-refractivity contribution < 1.29 is 38.1 Å². The fourth-order valence-corrected chi connectivity index (χ4v) is 7.44. The summed E-state index contributed by atoms with van der Waals surface area (Å²) in [6.45, 7) is 41.7. The van der Waals surface area contributed by atoms with Crippen LogP contribution in [0.5, 0.6) is 0 Å². The molecule has 0 radical (unpaired) electrons. The van der Waals surface area contributed by atoms with Crippen LogP contribution in [-0.4, -0.2) is 50.3 Å². The van der Waals surface area contributed by atoms with Crippen molar-refractivity contribution in [3.63, 3.8) is 0 Å². The van der Waals surface area contributed by atoms with Gasteiger partial charge in [0, 0.05) is 0 Å². The van der Waals surface area contributed by atoms with Crippen LogP contribution in [0, 0.1) is 39.4 Å². The maximum Gasteiger partial charge on any atom is 0.311 e. The Bertz CT molecular complexity index is 1250. The van der Waals surface area contributed by atoms with Crippen molar-refractivity contribution in [1.29, 1.82) is 0 Å². The van der Waals surface area contributed by atoms with Gasteiger partial charge in [-0.15, -0.1) is 0 Å². The lowest BCUT2D eigenvalue weighted by Gasteiger charge is -2.23. The summed E-state index contributed by atoms with van der Waals surface area (Å²) in [4.78, 5) is 46.9. The Morgan fingerprint density at radius 3 is 0.750 bits per heavy atom. The van der Waals surface area contributed by atoms with Gasteiger partial charge in [-0.1, -0.05) is 211 Å². The molecule has 0 amide bonds. The van der Waals surface area contributed by atoms with Crippen LogP contribution in [0.25, 0.3) is 0 Å². The second-order valence-electron chi connectivity index (χ2n) is 24.5. The first-order chi connectivity index (χ1) is 33.8. The van der Waals surface area contributed by atoms with Crippen molar-refractivity contribution in [2.24, 2.45) is 39.4 Å². The van der Waals surface area contributed by atoms with E-state index in [0.717, 1.165) is 57.3 Å². The molecule has 0 rings (SSSR count). The van der Waals surface area contributed by atoms with E-state index < -0.39 is 0 Å². The molecular weight excluding hydrogens is 897 g/mol. The van der Waals surface area contributed by atoms with Crippen molar-refractivity contribution in [2.45, 2.75) is 324 Å². The minimum atomic E-state index is -0.344. The molecule has 0 heterocycles. The Morgan fingerprint density at radius 1 is 0.306 bits per heavy atom. The third-order valence-corrected chi connectivity index (χ3v) is 14.6. The summed E-state index contributed by atoms with van der Waals surface area (Å²) in [5, 5.41) is 0. The van der Waals surface area contributed by atoms with Crippen LogP contribution >= 0.6 is 0 Å². The lowest BCUT2D eigenvalue weighted by atomic mass is 9.89. The van der Waals surface area contributed by atoms with E-state index in [1.165, 1.54) is 141 Å². The van der Waals surface area contributed by atoms with E-state index >= 15 is 0 Å². The molecule has 0 aromatic heterocycles. The summed E-state index contributed by atoms with van der Waals surface area (Å²) in [6, 6.07) is 0. The van der Waals surface area contributed by atoms with E-state index in [2.05, 4.69) is 48.5 Å². The van der Waals surface area contributed by atoms with Gasteiger partial charge < -0.3 is 18.9 Å². The van der Waals surface area contributed by atoms with Crippen LogP contribution in [0.1, 0.15) is 324 Å². The Hall–Kier alpha value is -2.12. The van der Waals surface area contributed by atoms with Crippen molar-refractivity contribution in [2.75, 3.05) is 26.4 Å². The number of hydrogen-bond acceptors (Lipinski definition) is 8. The van der Waals surface area contributed by atoms with Crippen molar-refractivity contribution in [3.05, 3.63) is 0 Å². The second kappa shape index (κ2) is 48.5. The van der Waals surface area contributed by atoms with Gasteiger partial charge in [-0.25, -0.2) is 0 Å². The van der Waals surface area contributed by atoms with Gasteiger partial charge in [0.15, 0.2) is 0 Å². The van der Waals surface area contributed by atoms with Crippen LogP contribution in [0.15, 0.2) is 0 Å². The molecule has 0 aromatic rings. The van der Waals surface area contributed by atoms with Gasteiger partial charge >= 0.3 is 23.9 Å². The standard InChI is InChI=1S/C17H34O2.2C16H32O2.C15H30O2/c1-5-7-8-9-10-11-12-13-14-15-19-16(18)17(3,4)6-2;1-8-16(6,7)15(17)18-11-14(5)10-13(4)9-12(2)3;1-5-7-8-9-10-11-12-13-14-18-15(17)16(3,4)6-2;1-5-7-8-9-10-11-12-13-17-14(16)15(3,4)6-2/h5-15H2,1-4H3;12-14H,8-11H2,1-7H3;5-14H2,1-4H3;5-13H2,1-4H3. The zero-order chi connectivity index (χ0) is 55.9. The summed E-state index contributed by atoms with van der Waals surface area (Å²) in [6.07, 6.45) is 36.3. The smallest absolute Gasteiger partial charge is 0.311 e. The number of hydrogen-bond donors (Lipinski definition) is 0. The quantitative estimate of drug-likeness (QED) is 0.0339. The third-order valence-electron chi connectivity index (χ3n) is 14.6. The van der Waals surface area contributed by atoms with E-state index in [-0.39, 0.29) is 45.5 Å². The summed E-state index contributed by atoms with van der Waals surface area (Å²) in [5.41, 5.74) is -1.30. The molecule has 0 saturated carbocycles. The summed E-state index contributed by atoms with van der Waals surface area (Å²) in [5.74, 6) is 1.70. The van der Waals surface area contributed by atoms with E-state index in [1.54, 1.807) is 0 Å². The third kappa shape index (κ3) is 47.6. The molecule has 0 aliphatic rings. The molecule has 2 atom stereocenters. The lowest BCUT2D eigenvalue weighted by Crippen LogP contribution is -2.27. The van der Waals surface area contributed by atoms with Crippen molar-refractivity contribution in [1.82, 2.24) is 0 Å². The van der Waals surface area contributed by atoms with Crippen LogP contribution in [0.2, 0.25) is 0 Å². The Kier molecular flexibility index (Phi) is 51.5. The maximum atomic E-state index is 11.8. The van der Waals surface area contributed by atoms with Crippen LogP contribution < -0.4 is 0 Å². The Balaban J connectivity index is -0.000000428. The molecule has 0 aromatic carbocycles. The predicted molar refractivity (Wildman–Crippen MR) is 310 cm³/mol. The van der Waals surface area contributed by atoms with E-state index in [4.69, 9.17) is 18.9 Å². The van der Waals surface area contributed by atoms with E-state index in [0.29, 0.717) is 38.3 Å². The first kappa shape index (κ1) is 76.4. The molecule has 0 aliphatic carbocycles. The highest BCUT2D eigenvalue weighted by Crippen LogP contribution is 2.26. The second-order valence-corrected chi connectivity index (χ2v) is 24.5. The molecule has 72 heavy (non-hydrogen) atoms. The molecule has 0 spiro atoms. The number of unbranched alkanes of at least 4 members (excludes halogenated alkanes) is 21. The van der Waals surface area contributed by atoms with Crippen molar-refractivity contribution >= 4 is 23.9 Å². The topological polar surface area (TPSA) is 105 Å². The minimum absolute atomic E-state index is 0.0467. The molecule has 2 unspecified atom stereocenters. The zero-order valence-electron chi connectivity index (χ0n) is 52.0. The van der Waals surface area contributed by atoms with Gasteiger partial charge in [0.25, 0.3) is 0 Å². The molecule has 0 fully saturated rings. The van der Waals surface area contributed by atoms with Gasteiger partial charge in [0.2, 0.25) is 0 Å². The van der Waals surface area contributed by atoms with Crippen LogP contribution in [0.3, 0.4) is 0 Å². The summed E-state index contributed by atoms with van der Waals surface area (Å²) < 4.78 is 21.3. The normalized spacial score (nSPS) is 12.6. The largest absolute Gasteiger partial charge is 0.465 e. The molecule has 0 aliphatic heterocycles. The molecule has 0 bridgehead atoms.